The van der Waals surface area contributed by atoms with Crippen molar-refractivity contribution in [1.29, 1.82) is 0 Å². The number of amides is 1. The lowest BCUT2D eigenvalue weighted by molar-refractivity contribution is -0.140. The molecule has 0 fully saturated rings. The molecule has 0 saturated carbocycles. The van der Waals surface area contributed by atoms with Crippen molar-refractivity contribution in [3.8, 4) is 0 Å². The summed E-state index contributed by atoms with van der Waals surface area (Å²) in [6.07, 6.45) is -0.327. The van der Waals surface area contributed by atoms with Crippen molar-refractivity contribution >= 4 is 17.6 Å². The van der Waals surface area contributed by atoms with Crippen LogP contribution in [0.2, 0.25) is 0 Å². The van der Waals surface area contributed by atoms with Gasteiger partial charge in [0.15, 0.2) is 0 Å². The lowest BCUT2D eigenvalue weighted by Gasteiger charge is -2.07. The van der Waals surface area contributed by atoms with E-state index >= 15 is 0 Å². The average molecular weight is 226 g/mol. The molecule has 4 N–H and O–H groups in total. The number of carboxylic acid groups (broad SMARTS) is 1. The van der Waals surface area contributed by atoms with Gasteiger partial charge >= 0.3 is 5.97 Å². The van der Waals surface area contributed by atoms with Crippen molar-refractivity contribution in [3.05, 3.63) is 30.1 Å². The standard InChI is InChI=1S/C10H11FN2O3/c11-6-1-3-7(4-2-6)13-9(14)5-8(12)10(15)16/h1-4,8H,5,12H2,(H,13,14)(H,15,16). The Hall–Kier alpha value is -1.95. The Balaban J connectivity index is 2.52. The summed E-state index contributed by atoms with van der Waals surface area (Å²) >= 11 is 0. The second kappa shape index (κ2) is 5.22. The summed E-state index contributed by atoms with van der Waals surface area (Å²) in [4.78, 5) is 21.6. The molecule has 1 aromatic carbocycles. The number of nitrogens with one attached hydrogen (secondary N) is 1. The van der Waals surface area contributed by atoms with Crippen molar-refractivity contribution in [2.45, 2.75) is 12.5 Å². The number of halogens is 1. The highest BCUT2D eigenvalue weighted by Gasteiger charge is 2.16. The lowest BCUT2D eigenvalue weighted by Crippen LogP contribution is -2.34. The largest absolute Gasteiger partial charge is 0.480 e. The Labute approximate surface area is 91.1 Å². The first kappa shape index (κ1) is 12.1. The highest BCUT2D eigenvalue weighted by molar-refractivity contribution is 5.93. The molecule has 1 atom stereocenters. The molecule has 1 rings (SSSR count). The fraction of sp³-hybridized carbons (Fsp3) is 0.200. The van der Waals surface area contributed by atoms with E-state index in [-0.39, 0.29) is 6.42 Å². The van der Waals surface area contributed by atoms with Crippen molar-refractivity contribution in [2.24, 2.45) is 5.73 Å². The number of rotatable bonds is 4. The number of anilines is 1. The molecule has 0 aliphatic rings. The van der Waals surface area contributed by atoms with Crippen molar-refractivity contribution in [1.82, 2.24) is 0 Å². The van der Waals surface area contributed by atoms with Crippen LogP contribution < -0.4 is 11.1 Å². The highest BCUT2D eigenvalue weighted by atomic mass is 19.1. The topological polar surface area (TPSA) is 92.4 Å². The van der Waals surface area contributed by atoms with E-state index in [1.807, 2.05) is 0 Å². The molecule has 5 nitrogen and oxygen atoms in total. The molecule has 0 aromatic heterocycles. The number of hydrogen-bond donors (Lipinski definition) is 3. The zero-order valence-electron chi connectivity index (χ0n) is 8.31. The molecule has 86 valence electrons. The summed E-state index contributed by atoms with van der Waals surface area (Å²) in [5.74, 6) is -2.18. The van der Waals surface area contributed by atoms with Gasteiger partial charge in [0.05, 0.1) is 6.42 Å². The third-order valence-electron chi connectivity index (χ3n) is 1.85. The van der Waals surface area contributed by atoms with Crippen LogP contribution >= 0.6 is 0 Å². The number of aliphatic carboxylic acids is 1. The van der Waals surface area contributed by atoms with Crippen molar-refractivity contribution in [3.63, 3.8) is 0 Å². The summed E-state index contributed by atoms with van der Waals surface area (Å²) in [7, 11) is 0. The number of carbonyl (C=O) groups is 2. The van der Waals surface area contributed by atoms with Crippen LogP contribution in [0, 0.1) is 5.82 Å². The molecule has 0 bridgehead atoms. The molecule has 0 radical (unpaired) electrons. The van der Waals surface area contributed by atoms with E-state index in [0.29, 0.717) is 5.69 Å². The SMILES string of the molecule is NC(CC(=O)Nc1ccc(F)cc1)C(=O)O. The molecule has 1 unspecified atom stereocenters. The molecule has 0 heterocycles. The Morgan fingerprint density at radius 1 is 1.38 bits per heavy atom. The van der Waals surface area contributed by atoms with Crippen LogP contribution in [-0.2, 0) is 9.59 Å². The van der Waals surface area contributed by atoms with Crippen LogP contribution in [0.15, 0.2) is 24.3 Å². The summed E-state index contributed by atoms with van der Waals surface area (Å²) in [5, 5.41) is 10.9. The number of carboxylic acids is 1. The maximum absolute atomic E-state index is 12.5. The molecular formula is C10H11FN2O3. The van der Waals surface area contributed by atoms with Gasteiger partial charge in [-0.1, -0.05) is 0 Å². The van der Waals surface area contributed by atoms with Gasteiger partial charge in [-0.05, 0) is 24.3 Å². The van der Waals surface area contributed by atoms with Gasteiger partial charge in [0.1, 0.15) is 11.9 Å². The fourth-order valence-corrected chi connectivity index (χ4v) is 1.03. The van der Waals surface area contributed by atoms with Crippen LogP contribution in [0.3, 0.4) is 0 Å². The normalized spacial score (nSPS) is 11.9. The van der Waals surface area contributed by atoms with Crippen molar-refractivity contribution < 1.29 is 19.1 Å². The van der Waals surface area contributed by atoms with E-state index in [1.165, 1.54) is 24.3 Å². The molecule has 0 aliphatic heterocycles. The molecule has 0 aliphatic carbocycles. The van der Waals surface area contributed by atoms with E-state index < -0.39 is 23.7 Å². The first-order valence-electron chi connectivity index (χ1n) is 4.53. The Morgan fingerprint density at radius 3 is 2.44 bits per heavy atom. The molecule has 0 spiro atoms. The summed E-state index contributed by atoms with van der Waals surface area (Å²) < 4.78 is 12.5. The molecular weight excluding hydrogens is 215 g/mol. The van der Waals surface area contributed by atoms with Crippen LogP contribution in [0.5, 0.6) is 0 Å². The van der Waals surface area contributed by atoms with E-state index in [0.717, 1.165) is 0 Å². The Bertz CT molecular complexity index is 392. The summed E-state index contributed by atoms with van der Waals surface area (Å²) in [6.45, 7) is 0. The van der Waals surface area contributed by atoms with E-state index in [4.69, 9.17) is 10.8 Å². The van der Waals surface area contributed by atoms with Crippen LogP contribution in [0.4, 0.5) is 10.1 Å². The number of benzene rings is 1. The van der Waals surface area contributed by atoms with Gasteiger partial charge in [-0.2, -0.15) is 0 Å². The van der Waals surface area contributed by atoms with E-state index in [2.05, 4.69) is 5.32 Å². The van der Waals surface area contributed by atoms with Crippen molar-refractivity contribution in [2.75, 3.05) is 5.32 Å². The molecule has 1 amide bonds. The zero-order valence-corrected chi connectivity index (χ0v) is 8.31. The molecule has 6 heteroatoms. The van der Waals surface area contributed by atoms with Gasteiger partial charge in [0, 0.05) is 5.69 Å². The fourth-order valence-electron chi connectivity index (χ4n) is 1.03. The zero-order chi connectivity index (χ0) is 12.1. The highest BCUT2D eigenvalue weighted by Crippen LogP contribution is 2.08. The molecule has 16 heavy (non-hydrogen) atoms. The third kappa shape index (κ3) is 3.66. The van der Waals surface area contributed by atoms with Gasteiger partial charge in [-0.3, -0.25) is 9.59 Å². The maximum Gasteiger partial charge on any atom is 0.321 e. The van der Waals surface area contributed by atoms with Gasteiger partial charge in [0.25, 0.3) is 0 Å². The monoisotopic (exact) mass is 226 g/mol. The maximum atomic E-state index is 12.5. The van der Waals surface area contributed by atoms with Gasteiger partial charge < -0.3 is 16.2 Å². The third-order valence-corrected chi connectivity index (χ3v) is 1.85. The minimum Gasteiger partial charge on any atom is -0.480 e. The summed E-state index contributed by atoms with van der Waals surface area (Å²) in [6, 6.07) is 3.89. The Kier molecular flexibility index (Phi) is 3.96. The lowest BCUT2D eigenvalue weighted by atomic mass is 10.2. The Morgan fingerprint density at radius 2 is 1.94 bits per heavy atom. The van der Waals surface area contributed by atoms with Gasteiger partial charge in [-0.25, -0.2) is 4.39 Å². The van der Waals surface area contributed by atoms with Gasteiger partial charge in [0.2, 0.25) is 5.91 Å². The quantitative estimate of drug-likeness (QED) is 0.699. The predicted octanol–water partition coefficient (Wildman–Crippen LogP) is 0.566. The van der Waals surface area contributed by atoms with Crippen LogP contribution in [0.1, 0.15) is 6.42 Å². The molecule has 0 saturated heterocycles. The summed E-state index contributed by atoms with van der Waals surface area (Å²) in [5.41, 5.74) is 5.57. The average Bonchev–Trinajstić information content (AvgIpc) is 2.21. The van der Waals surface area contributed by atoms with Crippen LogP contribution in [-0.4, -0.2) is 23.0 Å². The molecule has 1 aromatic rings. The second-order valence-corrected chi connectivity index (χ2v) is 3.20. The smallest absolute Gasteiger partial charge is 0.321 e. The van der Waals surface area contributed by atoms with Crippen LogP contribution in [0.25, 0.3) is 0 Å². The van der Waals surface area contributed by atoms with E-state index in [9.17, 15) is 14.0 Å². The minimum atomic E-state index is -1.24. The van der Waals surface area contributed by atoms with Gasteiger partial charge in [-0.15, -0.1) is 0 Å². The van der Waals surface area contributed by atoms with E-state index in [1.54, 1.807) is 0 Å². The minimum absolute atomic E-state index is 0.327. The first-order valence-corrected chi connectivity index (χ1v) is 4.53. The number of hydrogen-bond acceptors (Lipinski definition) is 3. The number of carbonyl (C=O) groups excluding carboxylic acids is 1. The number of nitrogens with two attached hydrogens (primary N) is 1. The predicted molar refractivity (Wildman–Crippen MR) is 55.3 cm³/mol. The first-order chi connectivity index (χ1) is 7.49. The second-order valence-electron chi connectivity index (χ2n) is 3.20.